The van der Waals surface area contributed by atoms with Crippen LogP contribution in [0.25, 0.3) is 0 Å². The Bertz CT molecular complexity index is 517. The van der Waals surface area contributed by atoms with Gasteiger partial charge in [-0.05, 0) is 13.8 Å². The normalized spacial score (nSPS) is 18.6. The van der Waals surface area contributed by atoms with E-state index in [1.54, 1.807) is 4.90 Å². The van der Waals surface area contributed by atoms with E-state index in [0.29, 0.717) is 19.1 Å². The van der Waals surface area contributed by atoms with Crippen LogP contribution in [0, 0.1) is 0 Å². The van der Waals surface area contributed by atoms with Crippen molar-refractivity contribution in [1.29, 1.82) is 0 Å². The summed E-state index contributed by atoms with van der Waals surface area (Å²) in [5, 5.41) is 11.7. The molecule has 0 aromatic carbocycles. The third-order valence-corrected chi connectivity index (χ3v) is 3.00. The molecule has 114 valence electrons. The molecule has 0 saturated carbocycles. The van der Waals surface area contributed by atoms with Gasteiger partial charge in [-0.3, -0.25) is 4.79 Å². The van der Waals surface area contributed by atoms with E-state index in [9.17, 15) is 9.59 Å². The number of ether oxygens (including phenoxy) is 1. The molecule has 21 heavy (non-hydrogen) atoms. The Morgan fingerprint density at radius 2 is 2.10 bits per heavy atom. The van der Waals surface area contributed by atoms with Gasteiger partial charge in [0, 0.05) is 25.0 Å². The van der Waals surface area contributed by atoms with Gasteiger partial charge in [0.15, 0.2) is 0 Å². The van der Waals surface area contributed by atoms with E-state index in [0.717, 1.165) is 0 Å². The van der Waals surface area contributed by atoms with Crippen molar-refractivity contribution in [3.8, 4) is 0 Å². The summed E-state index contributed by atoms with van der Waals surface area (Å²) in [5.74, 6) is -0.916. The summed E-state index contributed by atoms with van der Waals surface area (Å²) in [6.07, 6.45) is 2.47. The number of carboxylic acids is 1. The molecule has 1 unspecified atom stereocenters. The first kappa shape index (κ1) is 15.2. The van der Waals surface area contributed by atoms with Crippen LogP contribution in [-0.2, 0) is 9.53 Å². The summed E-state index contributed by atoms with van der Waals surface area (Å²) >= 11 is 0. The molecule has 1 aromatic rings. The van der Waals surface area contributed by atoms with Crippen molar-refractivity contribution in [3.05, 3.63) is 18.0 Å². The molecule has 1 amide bonds. The predicted molar refractivity (Wildman–Crippen MR) is 74.2 cm³/mol. The standard InChI is InChI=1S/C13H18N4O4/c1-8(2)16-11(18)10-7-21-4-3-17(10)13-14-5-9(6-15-13)12(19)20/h5-6,8,10H,3-4,7H2,1-2H3,(H,16,18)(H,19,20). The fourth-order valence-corrected chi connectivity index (χ4v) is 2.02. The zero-order valence-electron chi connectivity index (χ0n) is 11.9. The fourth-order valence-electron chi connectivity index (χ4n) is 2.02. The minimum atomic E-state index is -1.09. The van der Waals surface area contributed by atoms with Gasteiger partial charge >= 0.3 is 5.97 Å². The van der Waals surface area contributed by atoms with Crippen molar-refractivity contribution in [1.82, 2.24) is 15.3 Å². The molecule has 0 radical (unpaired) electrons. The molecule has 1 fully saturated rings. The average molecular weight is 294 g/mol. The molecule has 1 aliphatic heterocycles. The van der Waals surface area contributed by atoms with Crippen molar-refractivity contribution >= 4 is 17.8 Å². The van der Waals surface area contributed by atoms with E-state index in [4.69, 9.17) is 9.84 Å². The number of hydrogen-bond donors (Lipinski definition) is 2. The van der Waals surface area contributed by atoms with Crippen LogP contribution < -0.4 is 10.2 Å². The van der Waals surface area contributed by atoms with Crippen LogP contribution in [0.15, 0.2) is 12.4 Å². The first-order valence-electron chi connectivity index (χ1n) is 6.69. The van der Waals surface area contributed by atoms with Gasteiger partial charge in [-0.25, -0.2) is 14.8 Å². The van der Waals surface area contributed by atoms with Gasteiger partial charge in [-0.2, -0.15) is 0 Å². The van der Waals surface area contributed by atoms with E-state index in [1.165, 1.54) is 12.4 Å². The fraction of sp³-hybridized carbons (Fsp3) is 0.538. The van der Waals surface area contributed by atoms with Gasteiger partial charge in [0.25, 0.3) is 0 Å². The summed E-state index contributed by atoms with van der Waals surface area (Å²) in [6, 6.07) is -0.492. The molecule has 1 atom stereocenters. The smallest absolute Gasteiger partial charge is 0.338 e. The molecule has 0 spiro atoms. The maximum atomic E-state index is 12.2. The van der Waals surface area contributed by atoms with Gasteiger partial charge in [-0.15, -0.1) is 0 Å². The molecule has 1 aliphatic rings. The van der Waals surface area contributed by atoms with Crippen molar-refractivity contribution in [2.45, 2.75) is 25.9 Å². The van der Waals surface area contributed by atoms with Crippen LogP contribution in [0.3, 0.4) is 0 Å². The molecule has 1 aromatic heterocycles. The highest BCUT2D eigenvalue weighted by atomic mass is 16.5. The van der Waals surface area contributed by atoms with E-state index in [-0.39, 0.29) is 24.1 Å². The van der Waals surface area contributed by atoms with Crippen molar-refractivity contribution in [2.75, 3.05) is 24.7 Å². The highest BCUT2D eigenvalue weighted by molar-refractivity contribution is 5.87. The lowest BCUT2D eigenvalue weighted by Crippen LogP contribution is -2.55. The number of carbonyl (C=O) groups is 2. The number of nitrogens with one attached hydrogen (secondary N) is 1. The first-order chi connectivity index (χ1) is 9.99. The lowest BCUT2D eigenvalue weighted by Gasteiger charge is -2.34. The number of hydrogen-bond acceptors (Lipinski definition) is 6. The molecule has 2 N–H and O–H groups in total. The predicted octanol–water partition coefficient (Wildman–Crippen LogP) is -0.0954. The Balaban J connectivity index is 2.18. The zero-order chi connectivity index (χ0) is 15.4. The summed E-state index contributed by atoms with van der Waals surface area (Å²) < 4.78 is 5.35. The topological polar surface area (TPSA) is 105 Å². The van der Waals surface area contributed by atoms with E-state index < -0.39 is 12.0 Å². The molecular weight excluding hydrogens is 276 g/mol. The third-order valence-electron chi connectivity index (χ3n) is 3.00. The summed E-state index contributed by atoms with van der Waals surface area (Å²) in [6.45, 7) is 4.95. The number of morpholine rings is 1. The molecular formula is C13H18N4O4. The Kier molecular flexibility index (Phi) is 4.69. The van der Waals surface area contributed by atoms with Gasteiger partial charge in [0.05, 0.1) is 18.8 Å². The lowest BCUT2D eigenvalue weighted by molar-refractivity contribution is -0.125. The largest absolute Gasteiger partial charge is 0.478 e. The maximum Gasteiger partial charge on any atom is 0.338 e. The van der Waals surface area contributed by atoms with Gasteiger partial charge < -0.3 is 20.1 Å². The summed E-state index contributed by atoms with van der Waals surface area (Å²) in [7, 11) is 0. The Labute approximate surface area is 122 Å². The SMILES string of the molecule is CC(C)NC(=O)C1COCCN1c1ncc(C(=O)O)cn1. The zero-order valence-corrected chi connectivity index (χ0v) is 11.9. The van der Waals surface area contributed by atoms with E-state index in [2.05, 4.69) is 15.3 Å². The Morgan fingerprint density at radius 1 is 1.43 bits per heavy atom. The third kappa shape index (κ3) is 3.66. The van der Waals surface area contributed by atoms with E-state index >= 15 is 0 Å². The number of anilines is 1. The number of carboxylic acid groups (broad SMARTS) is 1. The number of carbonyl (C=O) groups excluding carboxylic acids is 1. The second-order valence-electron chi connectivity index (χ2n) is 5.02. The number of rotatable bonds is 4. The molecule has 2 rings (SSSR count). The highest BCUT2D eigenvalue weighted by Crippen LogP contribution is 2.15. The van der Waals surface area contributed by atoms with Crippen LogP contribution in [-0.4, -0.2) is 58.8 Å². The monoisotopic (exact) mass is 294 g/mol. The van der Waals surface area contributed by atoms with Crippen LogP contribution in [0.4, 0.5) is 5.95 Å². The lowest BCUT2D eigenvalue weighted by atomic mass is 10.2. The van der Waals surface area contributed by atoms with Crippen molar-refractivity contribution in [2.24, 2.45) is 0 Å². The molecule has 8 heteroatoms. The Morgan fingerprint density at radius 3 is 2.67 bits per heavy atom. The first-order valence-corrected chi connectivity index (χ1v) is 6.69. The van der Waals surface area contributed by atoms with Crippen LogP contribution in [0.5, 0.6) is 0 Å². The molecule has 0 bridgehead atoms. The summed E-state index contributed by atoms with van der Waals surface area (Å²) in [4.78, 5) is 32.8. The molecule has 2 heterocycles. The van der Waals surface area contributed by atoms with Crippen LogP contribution in [0.2, 0.25) is 0 Å². The van der Waals surface area contributed by atoms with Gasteiger partial charge in [0.2, 0.25) is 11.9 Å². The Hall–Kier alpha value is -2.22. The number of aromatic nitrogens is 2. The number of aromatic carboxylic acids is 1. The van der Waals surface area contributed by atoms with Crippen molar-refractivity contribution in [3.63, 3.8) is 0 Å². The molecule has 0 aliphatic carbocycles. The van der Waals surface area contributed by atoms with Crippen LogP contribution >= 0.6 is 0 Å². The summed E-state index contributed by atoms with van der Waals surface area (Å²) in [5.41, 5.74) is 0.00944. The second-order valence-corrected chi connectivity index (χ2v) is 5.02. The van der Waals surface area contributed by atoms with Gasteiger partial charge in [-0.1, -0.05) is 0 Å². The van der Waals surface area contributed by atoms with Crippen LogP contribution in [0.1, 0.15) is 24.2 Å². The average Bonchev–Trinajstić information content (AvgIpc) is 2.46. The number of nitrogens with zero attached hydrogens (tertiary/aromatic N) is 3. The maximum absolute atomic E-state index is 12.2. The van der Waals surface area contributed by atoms with E-state index in [1.807, 2.05) is 13.8 Å². The second kappa shape index (κ2) is 6.49. The minimum absolute atomic E-state index is 0.00944. The number of amides is 1. The van der Waals surface area contributed by atoms with Crippen molar-refractivity contribution < 1.29 is 19.4 Å². The molecule has 8 nitrogen and oxygen atoms in total. The van der Waals surface area contributed by atoms with Gasteiger partial charge in [0.1, 0.15) is 6.04 Å². The molecule has 1 saturated heterocycles. The quantitative estimate of drug-likeness (QED) is 0.799. The highest BCUT2D eigenvalue weighted by Gasteiger charge is 2.31. The minimum Gasteiger partial charge on any atom is -0.478 e.